The molecule has 0 saturated carbocycles. The summed E-state index contributed by atoms with van der Waals surface area (Å²) < 4.78 is 26.3. The Bertz CT molecular complexity index is 555. The van der Waals surface area contributed by atoms with Crippen LogP contribution in [-0.4, -0.2) is 15.3 Å². The molecule has 0 amide bonds. The molecule has 94 valence electrons. The van der Waals surface area contributed by atoms with Crippen LogP contribution in [0.5, 0.6) is 0 Å². The molecule has 0 aliphatic rings. The molecular formula is C11H10F2N4S. The van der Waals surface area contributed by atoms with Crippen LogP contribution in [-0.2, 0) is 6.54 Å². The van der Waals surface area contributed by atoms with E-state index in [0.29, 0.717) is 5.56 Å². The smallest absolute Gasteiger partial charge is 0.185 e. The monoisotopic (exact) mass is 268 g/mol. The van der Waals surface area contributed by atoms with Gasteiger partial charge in [-0.05, 0) is 18.3 Å². The quantitative estimate of drug-likeness (QED) is 0.747. The fourth-order valence-electron chi connectivity index (χ4n) is 1.33. The third-order valence-electron chi connectivity index (χ3n) is 2.23. The molecule has 0 radical (unpaired) electrons. The second kappa shape index (κ2) is 5.54. The molecule has 1 aromatic carbocycles. The van der Waals surface area contributed by atoms with Gasteiger partial charge in [-0.1, -0.05) is 18.2 Å². The van der Waals surface area contributed by atoms with Crippen LogP contribution in [0.3, 0.4) is 0 Å². The Hall–Kier alpha value is -2.02. The summed E-state index contributed by atoms with van der Waals surface area (Å²) in [5, 5.41) is 11.4. The first kappa shape index (κ1) is 12.4. The van der Waals surface area contributed by atoms with E-state index in [2.05, 4.69) is 20.8 Å². The maximum absolute atomic E-state index is 13.3. The van der Waals surface area contributed by atoms with Crippen molar-refractivity contribution < 1.29 is 8.78 Å². The van der Waals surface area contributed by atoms with Gasteiger partial charge in [-0.3, -0.25) is 5.10 Å². The maximum atomic E-state index is 13.3. The summed E-state index contributed by atoms with van der Waals surface area (Å²) >= 11 is 4.94. The average molecular weight is 268 g/mol. The third kappa shape index (κ3) is 3.01. The molecular weight excluding hydrogens is 258 g/mol. The number of hydrogen-bond donors (Lipinski definition) is 3. The Kier molecular flexibility index (Phi) is 3.83. The van der Waals surface area contributed by atoms with Crippen LogP contribution in [0.1, 0.15) is 5.56 Å². The number of thiocarbonyl (C=S) groups is 1. The Morgan fingerprint density at radius 1 is 1.28 bits per heavy atom. The highest BCUT2D eigenvalue weighted by atomic mass is 32.1. The number of hydrogen-bond acceptors (Lipinski definition) is 2. The number of aromatic amines is 1. The molecule has 0 bridgehead atoms. The minimum absolute atomic E-state index is 0.0704. The minimum Gasteiger partial charge on any atom is -0.358 e. The van der Waals surface area contributed by atoms with E-state index >= 15 is 0 Å². The number of benzene rings is 1. The number of rotatable bonds is 3. The zero-order chi connectivity index (χ0) is 13.0. The number of aromatic nitrogens is 2. The van der Waals surface area contributed by atoms with Gasteiger partial charge in [0.25, 0.3) is 0 Å². The van der Waals surface area contributed by atoms with E-state index in [1.807, 2.05) is 0 Å². The molecule has 18 heavy (non-hydrogen) atoms. The molecule has 0 fully saturated rings. The van der Waals surface area contributed by atoms with E-state index in [0.717, 1.165) is 6.20 Å². The molecule has 7 heteroatoms. The van der Waals surface area contributed by atoms with Crippen molar-refractivity contribution >= 4 is 23.1 Å². The van der Waals surface area contributed by atoms with Crippen molar-refractivity contribution in [1.29, 1.82) is 0 Å². The van der Waals surface area contributed by atoms with Crippen LogP contribution < -0.4 is 10.6 Å². The van der Waals surface area contributed by atoms with E-state index in [-0.39, 0.29) is 23.3 Å². The Labute approximate surface area is 107 Å². The number of halogens is 2. The van der Waals surface area contributed by atoms with Crippen LogP contribution >= 0.6 is 12.2 Å². The second-order valence-electron chi connectivity index (χ2n) is 3.49. The normalized spacial score (nSPS) is 10.1. The molecule has 3 N–H and O–H groups in total. The molecule has 2 aromatic rings. The van der Waals surface area contributed by atoms with Crippen LogP contribution in [0.4, 0.5) is 14.6 Å². The van der Waals surface area contributed by atoms with Gasteiger partial charge in [-0.15, -0.1) is 0 Å². The fraction of sp³-hybridized carbons (Fsp3) is 0.0909. The summed E-state index contributed by atoms with van der Waals surface area (Å²) in [6, 6.07) is 6.34. The summed E-state index contributed by atoms with van der Waals surface area (Å²) in [6.07, 6.45) is 1.03. The van der Waals surface area contributed by atoms with Crippen molar-refractivity contribution in [2.24, 2.45) is 0 Å². The number of anilines is 1. The highest BCUT2D eigenvalue weighted by molar-refractivity contribution is 7.80. The first-order valence-electron chi connectivity index (χ1n) is 5.14. The predicted molar refractivity (Wildman–Crippen MR) is 68.0 cm³/mol. The van der Waals surface area contributed by atoms with Crippen molar-refractivity contribution in [3.8, 4) is 0 Å². The molecule has 0 aliphatic heterocycles. The number of H-pyrrole nitrogens is 1. The van der Waals surface area contributed by atoms with Gasteiger partial charge >= 0.3 is 0 Å². The van der Waals surface area contributed by atoms with Crippen molar-refractivity contribution in [2.45, 2.75) is 6.54 Å². The lowest BCUT2D eigenvalue weighted by atomic mass is 10.2. The van der Waals surface area contributed by atoms with Crippen molar-refractivity contribution in [1.82, 2.24) is 15.5 Å². The van der Waals surface area contributed by atoms with Crippen molar-refractivity contribution in [3.05, 3.63) is 47.7 Å². The summed E-state index contributed by atoms with van der Waals surface area (Å²) in [5.74, 6) is -0.786. The first-order valence-corrected chi connectivity index (χ1v) is 5.55. The Morgan fingerprint density at radius 3 is 2.72 bits per heavy atom. The minimum atomic E-state index is -0.537. The topological polar surface area (TPSA) is 52.7 Å². The van der Waals surface area contributed by atoms with E-state index in [1.165, 1.54) is 6.07 Å². The molecule has 0 spiro atoms. The van der Waals surface area contributed by atoms with Gasteiger partial charge in [-0.2, -0.15) is 5.10 Å². The largest absolute Gasteiger partial charge is 0.358 e. The standard InChI is InChI=1S/C11H10F2N4S/c12-8-4-2-1-3-7(8)5-14-11(18)16-10-9(13)6-15-17-10/h1-4,6H,5H2,(H3,14,15,16,17,18). The number of nitrogens with zero attached hydrogens (tertiary/aromatic N) is 1. The highest BCUT2D eigenvalue weighted by Gasteiger charge is 2.06. The van der Waals surface area contributed by atoms with Gasteiger partial charge in [-0.25, -0.2) is 8.78 Å². The molecule has 1 heterocycles. The number of nitrogens with one attached hydrogen (secondary N) is 3. The predicted octanol–water partition coefficient (Wildman–Crippen LogP) is 2.17. The highest BCUT2D eigenvalue weighted by Crippen LogP contribution is 2.08. The van der Waals surface area contributed by atoms with Crippen LogP contribution in [0.2, 0.25) is 0 Å². The van der Waals surface area contributed by atoms with Gasteiger partial charge in [0.15, 0.2) is 16.7 Å². The summed E-state index contributed by atoms with van der Waals surface area (Å²) in [6.45, 7) is 0.217. The van der Waals surface area contributed by atoms with Crippen molar-refractivity contribution in [2.75, 3.05) is 5.32 Å². The van der Waals surface area contributed by atoms with Crippen molar-refractivity contribution in [3.63, 3.8) is 0 Å². The lowest BCUT2D eigenvalue weighted by Crippen LogP contribution is -2.28. The molecule has 0 saturated heterocycles. The molecule has 4 nitrogen and oxygen atoms in total. The van der Waals surface area contributed by atoms with Gasteiger partial charge in [0.05, 0.1) is 6.20 Å². The molecule has 0 atom stereocenters. The van der Waals surface area contributed by atoms with Gasteiger partial charge in [0.2, 0.25) is 0 Å². The molecule has 0 unspecified atom stereocenters. The maximum Gasteiger partial charge on any atom is 0.185 e. The van der Waals surface area contributed by atoms with Gasteiger partial charge in [0, 0.05) is 12.1 Å². The SMILES string of the molecule is Fc1ccccc1CNC(=S)Nc1[nH]ncc1F. The van der Waals surface area contributed by atoms with Gasteiger partial charge < -0.3 is 10.6 Å². The zero-order valence-corrected chi connectivity index (χ0v) is 10.0. The molecule has 0 aliphatic carbocycles. The molecule has 1 aromatic heterocycles. The lowest BCUT2D eigenvalue weighted by molar-refractivity contribution is 0.606. The van der Waals surface area contributed by atoms with Crippen LogP contribution in [0, 0.1) is 11.6 Å². The van der Waals surface area contributed by atoms with E-state index in [4.69, 9.17) is 12.2 Å². The summed E-state index contributed by atoms with van der Waals surface area (Å²) in [5.41, 5.74) is 0.478. The second-order valence-corrected chi connectivity index (χ2v) is 3.90. The van der Waals surface area contributed by atoms with Crippen LogP contribution in [0.15, 0.2) is 30.5 Å². The third-order valence-corrected chi connectivity index (χ3v) is 2.48. The summed E-state index contributed by atoms with van der Waals surface area (Å²) in [4.78, 5) is 0. The lowest BCUT2D eigenvalue weighted by Gasteiger charge is -2.09. The Balaban J connectivity index is 1.90. The van der Waals surface area contributed by atoms with E-state index in [1.54, 1.807) is 18.2 Å². The zero-order valence-electron chi connectivity index (χ0n) is 9.21. The van der Waals surface area contributed by atoms with Crippen LogP contribution in [0.25, 0.3) is 0 Å². The van der Waals surface area contributed by atoms with Gasteiger partial charge in [0.1, 0.15) is 5.82 Å². The average Bonchev–Trinajstić information content (AvgIpc) is 2.74. The summed E-state index contributed by atoms with van der Waals surface area (Å²) in [7, 11) is 0. The van der Waals surface area contributed by atoms with E-state index < -0.39 is 5.82 Å². The first-order chi connectivity index (χ1) is 8.66. The molecule has 2 rings (SSSR count). The fourth-order valence-corrected chi connectivity index (χ4v) is 1.51. The van der Waals surface area contributed by atoms with E-state index in [9.17, 15) is 8.78 Å². The Morgan fingerprint density at radius 2 is 2.06 bits per heavy atom.